The van der Waals surface area contributed by atoms with Gasteiger partial charge in [-0.15, -0.1) is 0 Å². The molecule has 4 nitrogen and oxygen atoms in total. The predicted molar refractivity (Wildman–Crippen MR) is 29.1 cm³/mol. The summed E-state index contributed by atoms with van der Waals surface area (Å²) in [5.74, 6) is -1.90. The van der Waals surface area contributed by atoms with Crippen molar-refractivity contribution < 1.29 is 47.1 Å². The van der Waals surface area contributed by atoms with Crippen molar-refractivity contribution in [1.29, 1.82) is 0 Å². The summed E-state index contributed by atoms with van der Waals surface area (Å²) < 4.78 is 0. The maximum Gasteiger partial charge on any atom is 0.303 e. The maximum absolute atomic E-state index is 9.79. The zero-order valence-electron chi connectivity index (χ0n) is 5.54. The van der Waals surface area contributed by atoms with E-state index in [1.165, 1.54) is 0 Å². The van der Waals surface area contributed by atoms with Gasteiger partial charge in [-0.1, -0.05) is 0 Å². The van der Waals surface area contributed by atoms with Crippen molar-refractivity contribution in [2.24, 2.45) is 0 Å². The molecule has 5 heteroatoms. The number of aliphatic carboxylic acids is 2. The van der Waals surface area contributed by atoms with E-state index in [2.05, 4.69) is 0 Å². The van der Waals surface area contributed by atoms with E-state index in [1.54, 1.807) is 0 Å². The average molecular weight is 245 g/mol. The second kappa shape index (κ2) is 6.97. The molecule has 0 aromatic rings. The van der Waals surface area contributed by atoms with Crippen molar-refractivity contribution >= 4 is 11.9 Å². The largest absolute Gasteiger partial charge is 0.481 e. The molecule has 54 valence electrons. The van der Waals surface area contributed by atoms with Gasteiger partial charge in [-0.3, -0.25) is 9.59 Å². The van der Waals surface area contributed by atoms with Gasteiger partial charge in [0.25, 0.3) is 0 Å². The number of hydrogen-bond acceptors (Lipinski definition) is 2. The Balaban J connectivity index is 0. The summed E-state index contributed by atoms with van der Waals surface area (Å²) in [6, 6.07) is 0. The smallest absolute Gasteiger partial charge is 0.303 e. The van der Waals surface area contributed by atoms with E-state index >= 15 is 0 Å². The summed E-state index contributed by atoms with van der Waals surface area (Å²) in [4.78, 5) is 19.6. The van der Waals surface area contributed by atoms with Crippen LogP contribution in [0.25, 0.3) is 0 Å². The fraction of sp³-hybridized carbons (Fsp3) is 0.600. The molecule has 0 atom stereocenters. The van der Waals surface area contributed by atoms with Crippen molar-refractivity contribution in [3.63, 3.8) is 0 Å². The number of carbonyl (C=O) groups is 2. The Bertz CT molecular complexity index is 109. The molecule has 0 aromatic heterocycles. The van der Waals surface area contributed by atoms with Gasteiger partial charge in [0.1, 0.15) is 0 Å². The van der Waals surface area contributed by atoms with Gasteiger partial charge < -0.3 is 10.2 Å². The number of rotatable bonds is 4. The van der Waals surface area contributed by atoms with E-state index < -0.39 is 11.9 Å². The SMILES string of the molecule is O=C(O)CCCC(=O)O.[Cd]. The first-order chi connectivity index (χ1) is 4.13. The van der Waals surface area contributed by atoms with Crippen LogP contribution in [0.1, 0.15) is 19.3 Å². The molecule has 2 N–H and O–H groups in total. The molecule has 0 fully saturated rings. The molecule has 0 unspecified atom stereocenters. The van der Waals surface area contributed by atoms with Crippen LogP contribution in [0, 0.1) is 0 Å². The van der Waals surface area contributed by atoms with Gasteiger partial charge in [-0.25, -0.2) is 0 Å². The van der Waals surface area contributed by atoms with Crippen LogP contribution >= 0.6 is 0 Å². The summed E-state index contributed by atoms with van der Waals surface area (Å²) >= 11 is 0. The number of hydrogen-bond donors (Lipinski definition) is 2. The van der Waals surface area contributed by atoms with Crippen molar-refractivity contribution in [2.75, 3.05) is 0 Å². The minimum atomic E-state index is -0.948. The Hall–Kier alpha value is -0.138. The van der Waals surface area contributed by atoms with Crippen LogP contribution in [0.3, 0.4) is 0 Å². The van der Waals surface area contributed by atoms with Crippen molar-refractivity contribution in [3.8, 4) is 0 Å². The van der Waals surface area contributed by atoms with Crippen LogP contribution in [0.2, 0.25) is 0 Å². The van der Waals surface area contributed by atoms with Crippen molar-refractivity contribution in [2.45, 2.75) is 19.3 Å². The van der Waals surface area contributed by atoms with E-state index in [0.29, 0.717) is 0 Å². The second-order valence-corrected chi connectivity index (χ2v) is 1.64. The number of carboxylic acid groups (broad SMARTS) is 2. The third kappa shape index (κ3) is 10.8. The minimum Gasteiger partial charge on any atom is -0.481 e. The topological polar surface area (TPSA) is 74.6 Å². The first-order valence-electron chi connectivity index (χ1n) is 2.56. The Morgan fingerprint density at radius 2 is 1.30 bits per heavy atom. The Morgan fingerprint density at radius 3 is 1.50 bits per heavy atom. The van der Waals surface area contributed by atoms with Gasteiger partial charge in [0.15, 0.2) is 0 Å². The fourth-order valence-electron chi connectivity index (χ4n) is 0.391. The van der Waals surface area contributed by atoms with E-state index in [1.807, 2.05) is 0 Å². The summed E-state index contributed by atoms with van der Waals surface area (Å²) in [5.41, 5.74) is 0. The van der Waals surface area contributed by atoms with Crippen LogP contribution in [-0.2, 0) is 36.9 Å². The summed E-state index contributed by atoms with van der Waals surface area (Å²) in [6.07, 6.45) is 0.0866. The van der Waals surface area contributed by atoms with E-state index in [4.69, 9.17) is 10.2 Å². The fourth-order valence-corrected chi connectivity index (χ4v) is 0.391. The monoisotopic (exact) mass is 246 g/mol. The van der Waals surface area contributed by atoms with Gasteiger partial charge in [-0.2, -0.15) is 0 Å². The van der Waals surface area contributed by atoms with Crippen molar-refractivity contribution in [1.82, 2.24) is 0 Å². The van der Waals surface area contributed by atoms with Gasteiger partial charge in [0.2, 0.25) is 0 Å². The zero-order valence-corrected chi connectivity index (χ0v) is 9.58. The molecule has 0 amide bonds. The molecule has 0 heterocycles. The Labute approximate surface area is 78.4 Å². The predicted octanol–water partition coefficient (Wildman–Crippen LogP) is 0.323. The molecule has 0 rings (SSSR count). The molecule has 0 aliphatic rings. The van der Waals surface area contributed by atoms with Gasteiger partial charge in [0, 0.05) is 40.1 Å². The van der Waals surface area contributed by atoms with Crippen LogP contribution in [0.4, 0.5) is 0 Å². The second-order valence-electron chi connectivity index (χ2n) is 1.64. The van der Waals surface area contributed by atoms with Crippen LogP contribution in [0.15, 0.2) is 0 Å². The zero-order chi connectivity index (χ0) is 7.28. The molecule has 0 bridgehead atoms. The summed E-state index contributed by atoms with van der Waals surface area (Å²) in [7, 11) is 0. The quantitative estimate of drug-likeness (QED) is 0.699. The standard InChI is InChI=1S/C5H8O4.Cd/c6-4(7)2-1-3-5(8)9;/h1-3H2,(H,6,7)(H,8,9);. The van der Waals surface area contributed by atoms with Gasteiger partial charge in [0.05, 0.1) is 0 Å². The van der Waals surface area contributed by atoms with E-state index in [9.17, 15) is 9.59 Å². The average Bonchev–Trinajstić information content (AvgIpc) is 1.63. The molecule has 0 aliphatic carbocycles. The van der Waals surface area contributed by atoms with E-state index in [0.717, 1.165) is 0 Å². The molecule has 0 aromatic carbocycles. The molecule has 0 spiro atoms. The third-order valence-electron chi connectivity index (χ3n) is 0.781. The Morgan fingerprint density at radius 1 is 1.00 bits per heavy atom. The third-order valence-corrected chi connectivity index (χ3v) is 0.781. The van der Waals surface area contributed by atoms with Crippen LogP contribution in [-0.4, -0.2) is 22.2 Å². The molecular formula is C5H8CdO4. The molecule has 0 saturated carbocycles. The van der Waals surface area contributed by atoms with Crippen molar-refractivity contribution in [3.05, 3.63) is 0 Å². The first kappa shape index (κ1) is 12.5. The molecule has 10 heavy (non-hydrogen) atoms. The summed E-state index contributed by atoms with van der Waals surface area (Å²) in [6.45, 7) is 0. The van der Waals surface area contributed by atoms with Crippen LogP contribution in [0.5, 0.6) is 0 Å². The van der Waals surface area contributed by atoms with Crippen LogP contribution < -0.4 is 0 Å². The molecule has 0 aliphatic heterocycles. The minimum absolute atomic E-state index is 0. The van der Waals surface area contributed by atoms with Gasteiger partial charge in [-0.05, 0) is 6.42 Å². The molecule has 0 saturated heterocycles. The summed E-state index contributed by atoms with van der Waals surface area (Å²) in [5, 5.41) is 16.1. The maximum atomic E-state index is 9.79. The number of carboxylic acids is 2. The van der Waals surface area contributed by atoms with Gasteiger partial charge >= 0.3 is 11.9 Å². The normalized spacial score (nSPS) is 8.00. The molecular weight excluding hydrogens is 236 g/mol. The first-order valence-corrected chi connectivity index (χ1v) is 2.56. The van der Waals surface area contributed by atoms with E-state index in [-0.39, 0.29) is 46.6 Å². The Kier molecular flexibility index (Phi) is 8.74. The molecule has 0 radical (unpaired) electrons.